The largest absolute Gasteiger partial charge is 1.00 e. The van der Waals surface area contributed by atoms with Gasteiger partial charge in [0.05, 0.1) is 25.4 Å². The number of ether oxygens (including phenoxy) is 2. The third kappa shape index (κ3) is 3.24. The number of pyridine rings is 1. The quantitative estimate of drug-likeness (QED) is 0.492. The van der Waals surface area contributed by atoms with Gasteiger partial charge in [0.25, 0.3) is 0 Å². The van der Waals surface area contributed by atoms with Crippen LogP contribution in [-0.4, -0.2) is 30.3 Å². The van der Waals surface area contributed by atoms with Gasteiger partial charge in [0.15, 0.2) is 0 Å². The van der Waals surface area contributed by atoms with Crippen molar-refractivity contribution < 1.29 is 38.2 Å². The molecule has 0 N–H and O–H groups in total. The Bertz CT molecular complexity index is 366. The summed E-state index contributed by atoms with van der Waals surface area (Å²) in [6, 6.07) is 1.40. The fourth-order valence-corrected chi connectivity index (χ4v) is 1.39. The van der Waals surface area contributed by atoms with E-state index in [9.17, 15) is 9.90 Å². The molecule has 1 atom stereocenters. The van der Waals surface area contributed by atoms with Gasteiger partial charge in [0.2, 0.25) is 0 Å². The van der Waals surface area contributed by atoms with E-state index in [0.717, 1.165) is 6.42 Å². The Balaban J connectivity index is 0.00000128. The summed E-state index contributed by atoms with van der Waals surface area (Å²) in [4.78, 5) is 14.3. The summed E-state index contributed by atoms with van der Waals surface area (Å²) < 4.78 is 10.6. The Morgan fingerprint density at radius 1 is 1.56 bits per heavy atom. The van der Waals surface area contributed by atoms with Crippen LogP contribution in [0.4, 0.5) is 0 Å². The van der Waals surface area contributed by atoms with E-state index in [4.69, 9.17) is 9.47 Å². The molecule has 0 unspecified atom stereocenters. The molecule has 0 amide bonds. The van der Waals surface area contributed by atoms with Crippen LogP contribution in [0.1, 0.15) is 16.8 Å². The molecule has 0 aromatic carbocycles. The van der Waals surface area contributed by atoms with Gasteiger partial charge in [-0.15, -0.1) is 0 Å². The molecule has 2 heterocycles. The molecule has 1 saturated heterocycles. The molecule has 0 aliphatic carbocycles. The summed E-state index contributed by atoms with van der Waals surface area (Å²) in [6.07, 6.45) is 3.51. The van der Waals surface area contributed by atoms with E-state index in [1.807, 2.05) is 0 Å². The molecule has 1 fully saturated rings. The van der Waals surface area contributed by atoms with Crippen molar-refractivity contribution in [3.63, 3.8) is 0 Å². The molecule has 2 rings (SSSR count). The van der Waals surface area contributed by atoms with E-state index < -0.39 is 5.97 Å². The minimum absolute atomic E-state index is 0. The van der Waals surface area contributed by atoms with Crippen molar-refractivity contribution in [2.75, 3.05) is 13.2 Å². The number of carboxylic acids is 1. The van der Waals surface area contributed by atoms with E-state index in [1.54, 1.807) is 0 Å². The Labute approximate surface area is 105 Å². The Hall–Kier alpha value is -1.02. The van der Waals surface area contributed by atoms with Gasteiger partial charge in [-0.3, -0.25) is 4.98 Å². The van der Waals surface area contributed by atoms with E-state index in [-0.39, 0.29) is 30.5 Å². The van der Waals surface area contributed by atoms with Gasteiger partial charge in [-0.1, -0.05) is 0 Å². The molecule has 1 aromatic rings. The topological polar surface area (TPSA) is 71.5 Å². The number of nitrogens with zero attached hydrogens (tertiary/aromatic N) is 1. The number of carbonyl (C=O) groups is 1. The molecule has 1 aliphatic rings. The van der Waals surface area contributed by atoms with E-state index in [2.05, 4.69) is 4.98 Å². The SMILES string of the molecule is O=C([O-])c1cncc(O[C@@H]2CCOC2)c1.[Li+]. The number of carboxylic acid groups (broad SMARTS) is 1. The van der Waals surface area contributed by atoms with E-state index >= 15 is 0 Å². The molecule has 16 heavy (non-hydrogen) atoms. The van der Waals surface area contributed by atoms with Crippen LogP contribution in [0.3, 0.4) is 0 Å². The first kappa shape index (κ1) is 13.0. The molecular formula is C10H10LiNO4. The first-order valence-electron chi connectivity index (χ1n) is 4.66. The summed E-state index contributed by atoms with van der Waals surface area (Å²) in [5, 5.41) is 10.6. The normalized spacial score (nSPS) is 18.9. The van der Waals surface area contributed by atoms with Crippen LogP contribution in [-0.2, 0) is 4.74 Å². The summed E-state index contributed by atoms with van der Waals surface area (Å²) >= 11 is 0. The molecule has 0 spiro atoms. The van der Waals surface area contributed by atoms with E-state index in [0.29, 0.717) is 19.0 Å². The van der Waals surface area contributed by atoms with Crippen molar-refractivity contribution in [2.24, 2.45) is 0 Å². The minimum Gasteiger partial charge on any atom is -0.545 e. The predicted octanol–water partition coefficient (Wildman–Crippen LogP) is -3.38. The van der Waals surface area contributed by atoms with Gasteiger partial charge in [-0.05, 0) is 6.07 Å². The van der Waals surface area contributed by atoms with Gasteiger partial charge < -0.3 is 19.4 Å². The zero-order valence-corrected chi connectivity index (χ0v) is 9.01. The van der Waals surface area contributed by atoms with Crippen LogP contribution in [0.5, 0.6) is 5.75 Å². The van der Waals surface area contributed by atoms with Gasteiger partial charge in [-0.25, -0.2) is 0 Å². The molecule has 6 heteroatoms. The maximum Gasteiger partial charge on any atom is 1.00 e. The molecule has 80 valence electrons. The van der Waals surface area contributed by atoms with Crippen molar-refractivity contribution in [3.05, 3.63) is 24.0 Å². The second kappa shape index (κ2) is 5.90. The van der Waals surface area contributed by atoms with Gasteiger partial charge in [0, 0.05) is 18.2 Å². The standard InChI is InChI=1S/C10H11NO4.Li/c12-10(13)7-3-9(5-11-4-7)15-8-1-2-14-6-8;/h3-5,8H,1-2,6H2,(H,12,13);/q;+1/p-1/t8-;/m1./s1. The maximum atomic E-state index is 10.6. The van der Waals surface area contributed by atoms with Crippen molar-refractivity contribution in [1.82, 2.24) is 4.98 Å². The summed E-state index contributed by atoms with van der Waals surface area (Å²) in [5.74, 6) is -0.817. The Morgan fingerprint density at radius 3 is 3.00 bits per heavy atom. The predicted molar refractivity (Wildman–Crippen MR) is 48.4 cm³/mol. The van der Waals surface area contributed by atoms with Crippen LogP contribution in [0.15, 0.2) is 18.5 Å². The minimum atomic E-state index is -1.25. The number of carbonyl (C=O) groups excluding carboxylic acids is 1. The van der Waals surface area contributed by atoms with Crippen LogP contribution < -0.4 is 28.7 Å². The maximum absolute atomic E-state index is 10.6. The van der Waals surface area contributed by atoms with Crippen LogP contribution >= 0.6 is 0 Å². The zero-order chi connectivity index (χ0) is 10.7. The zero-order valence-electron chi connectivity index (χ0n) is 9.01. The second-order valence-electron chi connectivity index (χ2n) is 3.30. The third-order valence-electron chi connectivity index (χ3n) is 2.14. The summed E-state index contributed by atoms with van der Waals surface area (Å²) in [7, 11) is 0. The van der Waals surface area contributed by atoms with Crippen LogP contribution in [0, 0.1) is 0 Å². The summed E-state index contributed by atoms with van der Waals surface area (Å²) in [6.45, 7) is 1.22. The van der Waals surface area contributed by atoms with Crippen molar-refractivity contribution in [2.45, 2.75) is 12.5 Å². The smallest absolute Gasteiger partial charge is 0.545 e. The molecule has 5 nitrogen and oxygen atoms in total. The van der Waals surface area contributed by atoms with Crippen molar-refractivity contribution >= 4 is 5.97 Å². The Kier molecular flexibility index (Phi) is 4.81. The number of aromatic nitrogens is 1. The first-order valence-corrected chi connectivity index (χ1v) is 4.66. The van der Waals surface area contributed by atoms with Crippen molar-refractivity contribution in [1.29, 1.82) is 0 Å². The first-order chi connectivity index (χ1) is 7.25. The average Bonchev–Trinajstić information content (AvgIpc) is 2.71. The number of rotatable bonds is 3. The average molecular weight is 215 g/mol. The van der Waals surface area contributed by atoms with E-state index in [1.165, 1.54) is 18.5 Å². The second-order valence-corrected chi connectivity index (χ2v) is 3.30. The molecule has 0 bridgehead atoms. The number of aromatic carboxylic acids is 1. The van der Waals surface area contributed by atoms with Gasteiger partial charge >= 0.3 is 18.9 Å². The van der Waals surface area contributed by atoms with Gasteiger partial charge in [-0.2, -0.15) is 0 Å². The van der Waals surface area contributed by atoms with Gasteiger partial charge in [0.1, 0.15) is 11.9 Å². The monoisotopic (exact) mass is 215 g/mol. The van der Waals surface area contributed by atoms with Crippen LogP contribution in [0.25, 0.3) is 0 Å². The fourth-order valence-electron chi connectivity index (χ4n) is 1.39. The summed E-state index contributed by atoms with van der Waals surface area (Å²) in [5.41, 5.74) is 0.0198. The number of hydrogen-bond acceptors (Lipinski definition) is 5. The third-order valence-corrected chi connectivity index (χ3v) is 2.14. The Morgan fingerprint density at radius 2 is 2.38 bits per heavy atom. The molecule has 1 aromatic heterocycles. The van der Waals surface area contributed by atoms with Crippen LogP contribution in [0.2, 0.25) is 0 Å². The molecule has 0 radical (unpaired) electrons. The fraction of sp³-hybridized carbons (Fsp3) is 0.400. The van der Waals surface area contributed by atoms with Crippen molar-refractivity contribution in [3.8, 4) is 5.75 Å². The number of hydrogen-bond donors (Lipinski definition) is 0. The molecule has 1 aliphatic heterocycles. The molecular weight excluding hydrogens is 205 g/mol. The molecule has 0 saturated carbocycles.